The molecule has 0 saturated carbocycles. The molecule has 1 atom stereocenters. The Bertz CT molecular complexity index is 847. The van der Waals surface area contributed by atoms with Crippen molar-refractivity contribution in [3.8, 4) is 0 Å². The fourth-order valence-corrected chi connectivity index (χ4v) is 3.78. The zero-order chi connectivity index (χ0) is 16.8. The Kier molecular flexibility index (Phi) is 4.19. The summed E-state index contributed by atoms with van der Waals surface area (Å²) in [6.45, 7) is 8.37. The zero-order valence-electron chi connectivity index (χ0n) is 13.9. The van der Waals surface area contributed by atoms with Crippen LogP contribution in [0.25, 0.3) is 11.1 Å². The van der Waals surface area contributed by atoms with Gasteiger partial charge >= 0.3 is 0 Å². The zero-order valence-corrected chi connectivity index (χ0v) is 15.5. The van der Waals surface area contributed by atoms with Crippen LogP contribution in [0.4, 0.5) is 0 Å². The highest BCUT2D eigenvalue weighted by Gasteiger charge is 2.24. The van der Waals surface area contributed by atoms with Crippen molar-refractivity contribution in [2.24, 2.45) is 7.05 Å². The summed E-state index contributed by atoms with van der Waals surface area (Å²) in [5.74, 6) is 1.72. The lowest BCUT2D eigenvalue weighted by atomic mass is 9.97. The first kappa shape index (κ1) is 16.4. The second kappa shape index (κ2) is 5.87. The van der Waals surface area contributed by atoms with Crippen molar-refractivity contribution in [2.45, 2.75) is 43.3 Å². The molecule has 2 heterocycles. The number of fused-ring (bicyclic) bond motifs is 1. The lowest BCUT2D eigenvalue weighted by Gasteiger charge is -2.13. The Hall–Kier alpha value is -1.46. The smallest absolute Gasteiger partial charge is 0.200 e. The first-order valence-electron chi connectivity index (χ1n) is 7.51. The molecule has 0 fully saturated rings. The first-order chi connectivity index (χ1) is 10.8. The van der Waals surface area contributed by atoms with Gasteiger partial charge in [-0.05, 0) is 19.1 Å². The number of oxazole rings is 1. The lowest BCUT2D eigenvalue weighted by molar-refractivity contribution is 0.409. The summed E-state index contributed by atoms with van der Waals surface area (Å²) in [5.41, 5.74) is 1.46. The van der Waals surface area contributed by atoms with Gasteiger partial charge in [0.05, 0.1) is 15.2 Å². The Morgan fingerprint density at radius 3 is 2.65 bits per heavy atom. The Morgan fingerprint density at radius 1 is 1.30 bits per heavy atom. The van der Waals surface area contributed by atoms with Crippen LogP contribution in [0, 0.1) is 0 Å². The number of benzene rings is 1. The second-order valence-corrected chi connectivity index (χ2v) is 8.41. The topological polar surface area (TPSA) is 43.9 Å². The van der Waals surface area contributed by atoms with E-state index in [9.17, 15) is 0 Å². The fraction of sp³-hybridized carbons (Fsp3) is 0.412. The fourth-order valence-electron chi connectivity index (χ4n) is 2.37. The third-order valence-corrected chi connectivity index (χ3v) is 5.25. The first-order valence-corrected chi connectivity index (χ1v) is 8.76. The number of aryl methyl sites for hydroxylation is 1. The molecule has 23 heavy (non-hydrogen) atoms. The standard InChI is InChI=1S/C17H20ClN3OS/c1-10(15-19-8-9-21(15)5)23-14-11(18)6-7-12-13(14)22-16(20-12)17(2,3)4/h6-10H,1-5H3. The van der Waals surface area contributed by atoms with Gasteiger partial charge in [0.15, 0.2) is 5.58 Å². The molecule has 1 aromatic carbocycles. The van der Waals surface area contributed by atoms with Crippen molar-refractivity contribution < 1.29 is 4.42 Å². The highest BCUT2D eigenvalue weighted by Crippen LogP contribution is 2.43. The monoisotopic (exact) mass is 349 g/mol. The van der Waals surface area contributed by atoms with E-state index in [1.54, 1.807) is 18.0 Å². The van der Waals surface area contributed by atoms with E-state index < -0.39 is 0 Å². The van der Waals surface area contributed by atoms with Crippen LogP contribution in [0.3, 0.4) is 0 Å². The molecule has 0 amide bonds. The summed E-state index contributed by atoms with van der Waals surface area (Å²) >= 11 is 8.08. The summed E-state index contributed by atoms with van der Waals surface area (Å²) in [5, 5.41) is 0.835. The minimum absolute atomic E-state index is 0.140. The van der Waals surface area contributed by atoms with Crippen LogP contribution in [0.2, 0.25) is 5.02 Å². The normalized spacial score (nSPS) is 13.7. The van der Waals surface area contributed by atoms with Crippen molar-refractivity contribution in [3.63, 3.8) is 0 Å². The number of imidazole rings is 1. The van der Waals surface area contributed by atoms with E-state index in [-0.39, 0.29) is 10.7 Å². The molecule has 0 spiro atoms. The molecule has 0 N–H and O–H groups in total. The van der Waals surface area contributed by atoms with Gasteiger partial charge in [0, 0.05) is 24.9 Å². The van der Waals surface area contributed by atoms with Gasteiger partial charge in [0.2, 0.25) is 5.89 Å². The van der Waals surface area contributed by atoms with Gasteiger partial charge in [-0.1, -0.05) is 32.4 Å². The molecule has 0 radical (unpaired) electrons. The van der Waals surface area contributed by atoms with Gasteiger partial charge in [-0.2, -0.15) is 0 Å². The van der Waals surface area contributed by atoms with Gasteiger partial charge < -0.3 is 8.98 Å². The van der Waals surface area contributed by atoms with Gasteiger partial charge in [-0.3, -0.25) is 0 Å². The summed E-state index contributed by atoms with van der Waals surface area (Å²) in [6, 6.07) is 3.79. The molecule has 4 nitrogen and oxygen atoms in total. The van der Waals surface area contributed by atoms with Crippen molar-refractivity contribution in [3.05, 3.63) is 41.3 Å². The van der Waals surface area contributed by atoms with E-state index in [4.69, 9.17) is 16.0 Å². The predicted molar refractivity (Wildman–Crippen MR) is 95.2 cm³/mol. The molecule has 3 rings (SSSR count). The summed E-state index contributed by atoms with van der Waals surface area (Å²) in [6.07, 6.45) is 3.75. The van der Waals surface area contributed by atoms with Crippen LogP contribution in [0.15, 0.2) is 33.8 Å². The average molecular weight is 350 g/mol. The van der Waals surface area contributed by atoms with E-state index in [2.05, 4.69) is 37.7 Å². The largest absolute Gasteiger partial charge is 0.439 e. The molecule has 0 bridgehead atoms. The Balaban J connectivity index is 2.04. The van der Waals surface area contributed by atoms with Gasteiger partial charge in [-0.15, -0.1) is 11.8 Å². The maximum absolute atomic E-state index is 6.44. The van der Waals surface area contributed by atoms with Gasteiger partial charge in [-0.25, -0.2) is 9.97 Å². The van der Waals surface area contributed by atoms with Gasteiger partial charge in [0.25, 0.3) is 0 Å². The third-order valence-electron chi connectivity index (χ3n) is 3.62. The molecule has 1 unspecified atom stereocenters. The number of halogens is 1. The second-order valence-electron chi connectivity index (χ2n) is 6.65. The predicted octanol–water partition coefficient (Wildman–Crippen LogP) is 5.37. The molecule has 2 aromatic heterocycles. The van der Waals surface area contributed by atoms with Crippen LogP contribution < -0.4 is 0 Å². The quantitative estimate of drug-likeness (QED) is 0.596. The molecule has 122 valence electrons. The summed E-state index contributed by atoms with van der Waals surface area (Å²) < 4.78 is 8.07. The van der Waals surface area contributed by atoms with E-state index in [0.29, 0.717) is 5.02 Å². The number of hydrogen-bond acceptors (Lipinski definition) is 4. The highest BCUT2D eigenvalue weighted by molar-refractivity contribution is 7.99. The Morgan fingerprint density at radius 2 is 2.04 bits per heavy atom. The van der Waals surface area contributed by atoms with Crippen LogP contribution in [0.1, 0.15) is 44.7 Å². The van der Waals surface area contributed by atoms with Gasteiger partial charge in [0.1, 0.15) is 11.3 Å². The average Bonchev–Trinajstić information content (AvgIpc) is 3.07. The van der Waals surface area contributed by atoms with Crippen molar-refractivity contribution in [1.82, 2.24) is 14.5 Å². The van der Waals surface area contributed by atoms with Crippen molar-refractivity contribution in [2.75, 3.05) is 0 Å². The summed E-state index contributed by atoms with van der Waals surface area (Å²) in [7, 11) is 1.99. The minimum Gasteiger partial charge on any atom is -0.439 e. The van der Waals surface area contributed by atoms with Crippen molar-refractivity contribution >= 4 is 34.5 Å². The molecule has 3 aromatic rings. The van der Waals surface area contributed by atoms with Crippen LogP contribution >= 0.6 is 23.4 Å². The minimum atomic E-state index is -0.140. The molecular weight excluding hydrogens is 330 g/mol. The molecular formula is C17H20ClN3OS. The van der Waals surface area contributed by atoms with Crippen LogP contribution in [0.5, 0.6) is 0 Å². The SMILES string of the molecule is CC(Sc1c(Cl)ccc2nc(C(C)(C)C)oc12)c1nccn1C. The van der Waals surface area contributed by atoms with Crippen LogP contribution in [-0.2, 0) is 12.5 Å². The molecule has 6 heteroatoms. The maximum Gasteiger partial charge on any atom is 0.200 e. The Labute approximate surface area is 145 Å². The number of aromatic nitrogens is 3. The van der Waals surface area contributed by atoms with Crippen molar-refractivity contribution in [1.29, 1.82) is 0 Å². The third kappa shape index (κ3) is 3.12. The number of thioether (sulfide) groups is 1. The summed E-state index contributed by atoms with van der Waals surface area (Å²) in [4.78, 5) is 9.95. The molecule has 0 aliphatic carbocycles. The van der Waals surface area contributed by atoms with E-state index in [1.807, 2.05) is 29.9 Å². The number of hydrogen-bond donors (Lipinski definition) is 0. The maximum atomic E-state index is 6.44. The van der Waals surface area contributed by atoms with E-state index >= 15 is 0 Å². The number of rotatable bonds is 3. The van der Waals surface area contributed by atoms with E-state index in [0.717, 1.165) is 27.7 Å². The number of nitrogens with zero attached hydrogens (tertiary/aromatic N) is 3. The highest BCUT2D eigenvalue weighted by atomic mass is 35.5. The molecule has 0 saturated heterocycles. The lowest BCUT2D eigenvalue weighted by Crippen LogP contribution is -2.10. The van der Waals surface area contributed by atoms with E-state index in [1.165, 1.54) is 0 Å². The van der Waals surface area contributed by atoms with Crippen LogP contribution in [-0.4, -0.2) is 14.5 Å². The molecule has 0 aliphatic rings. The molecule has 0 aliphatic heterocycles.